The minimum Gasteiger partial charge on any atom is -0.465 e. The molecule has 1 aliphatic carbocycles. The lowest BCUT2D eigenvalue weighted by atomic mass is 9.88. The lowest BCUT2D eigenvalue weighted by Gasteiger charge is -2.18. The van der Waals surface area contributed by atoms with Crippen LogP contribution in [0.4, 0.5) is 9.39 Å². The number of carbonyl (C=O) groups excluding carboxylic acids is 3. The topological polar surface area (TPSA) is 81.7 Å². The standard InChI is InChI=1S/C20H20FNO5S/c1-11-3-8-14-15(9-11)28-18(17(14)20(25)26-2)22-16(23)10-27-19(24)12-4-6-13(21)7-5-12/h4-7,11H,3,8-10H2,1-2H3,(H,22,23). The van der Waals surface area contributed by atoms with Gasteiger partial charge in [-0.1, -0.05) is 6.92 Å². The largest absolute Gasteiger partial charge is 0.465 e. The van der Waals surface area contributed by atoms with Crippen molar-refractivity contribution in [3.8, 4) is 0 Å². The van der Waals surface area contributed by atoms with Crippen LogP contribution >= 0.6 is 11.3 Å². The maximum atomic E-state index is 12.9. The van der Waals surface area contributed by atoms with Crippen LogP contribution in [0.2, 0.25) is 0 Å². The maximum absolute atomic E-state index is 12.9. The average Bonchev–Trinajstić information content (AvgIpc) is 3.02. The number of methoxy groups -OCH3 is 1. The summed E-state index contributed by atoms with van der Waals surface area (Å²) >= 11 is 1.36. The lowest BCUT2D eigenvalue weighted by molar-refractivity contribution is -0.119. The summed E-state index contributed by atoms with van der Waals surface area (Å²) in [6.45, 7) is 1.63. The number of rotatable bonds is 5. The molecule has 1 heterocycles. The predicted octanol–water partition coefficient (Wildman–Crippen LogP) is 3.59. The SMILES string of the molecule is COC(=O)c1c(NC(=O)COC(=O)c2ccc(F)cc2)sc2c1CCC(C)C2. The summed E-state index contributed by atoms with van der Waals surface area (Å²) in [5.41, 5.74) is 1.45. The normalized spacial score (nSPS) is 15.5. The fourth-order valence-electron chi connectivity index (χ4n) is 3.12. The molecule has 0 radical (unpaired) electrons. The van der Waals surface area contributed by atoms with Crippen molar-refractivity contribution < 1.29 is 28.2 Å². The molecule has 28 heavy (non-hydrogen) atoms. The first kappa shape index (κ1) is 20.0. The molecule has 1 aliphatic rings. The molecule has 3 rings (SSSR count). The van der Waals surface area contributed by atoms with Gasteiger partial charge in [-0.25, -0.2) is 14.0 Å². The third kappa shape index (κ3) is 4.39. The number of fused-ring (bicyclic) bond motifs is 1. The summed E-state index contributed by atoms with van der Waals surface area (Å²) in [5.74, 6) is -1.75. The highest BCUT2D eigenvalue weighted by atomic mass is 32.1. The van der Waals surface area contributed by atoms with Gasteiger partial charge >= 0.3 is 11.9 Å². The van der Waals surface area contributed by atoms with E-state index in [0.717, 1.165) is 41.8 Å². The highest BCUT2D eigenvalue weighted by Gasteiger charge is 2.29. The first-order chi connectivity index (χ1) is 13.4. The molecular weight excluding hydrogens is 385 g/mol. The quantitative estimate of drug-likeness (QED) is 0.769. The van der Waals surface area contributed by atoms with E-state index < -0.39 is 30.3 Å². The Balaban J connectivity index is 1.69. The van der Waals surface area contributed by atoms with Gasteiger partial charge in [0.1, 0.15) is 10.8 Å². The Bertz CT molecular complexity index is 906. The molecule has 2 aromatic rings. The minimum absolute atomic E-state index is 0.144. The number of carbonyl (C=O) groups is 3. The van der Waals surface area contributed by atoms with E-state index in [0.29, 0.717) is 16.5 Å². The van der Waals surface area contributed by atoms with E-state index in [1.54, 1.807) is 0 Å². The van der Waals surface area contributed by atoms with Crippen molar-refractivity contribution in [1.82, 2.24) is 0 Å². The van der Waals surface area contributed by atoms with Crippen LogP contribution in [0.3, 0.4) is 0 Å². The number of benzene rings is 1. The highest BCUT2D eigenvalue weighted by Crippen LogP contribution is 2.40. The van der Waals surface area contributed by atoms with Crippen LogP contribution in [0.25, 0.3) is 0 Å². The third-order valence-electron chi connectivity index (χ3n) is 4.57. The Kier molecular flexibility index (Phi) is 6.08. The van der Waals surface area contributed by atoms with Gasteiger partial charge < -0.3 is 14.8 Å². The molecule has 1 unspecified atom stereocenters. The maximum Gasteiger partial charge on any atom is 0.341 e. The van der Waals surface area contributed by atoms with Crippen LogP contribution in [0.5, 0.6) is 0 Å². The molecule has 1 atom stereocenters. The van der Waals surface area contributed by atoms with Crippen LogP contribution < -0.4 is 5.32 Å². The van der Waals surface area contributed by atoms with Crippen molar-refractivity contribution in [3.05, 3.63) is 51.7 Å². The molecular formula is C20H20FNO5S. The monoisotopic (exact) mass is 405 g/mol. The van der Waals surface area contributed by atoms with Crippen LogP contribution in [0, 0.1) is 11.7 Å². The van der Waals surface area contributed by atoms with Crippen LogP contribution in [-0.2, 0) is 27.1 Å². The average molecular weight is 405 g/mol. The summed E-state index contributed by atoms with van der Waals surface area (Å²) in [6.07, 6.45) is 2.57. The second-order valence-electron chi connectivity index (χ2n) is 6.68. The number of hydrogen-bond donors (Lipinski definition) is 1. The molecule has 1 N–H and O–H groups in total. The lowest BCUT2D eigenvalue weighted by Crippen LogP contribution is -2.22. The van der Waals surface area contributed by atoms with Gasteiger partial charge in [0.25, 0.3) is 5.91 Å². The molecule has 0 saturated heterocycles. The molecule has 8 heteroatoms. The number of amides is 1. The zero-order chi connectivity index (χ0) is 20.3. The number of anilines is 1. The number of nitrogens with one attached hydrogen (secondary N) is 1. The zero-order valence-electron chi connectivity index (χ0n) is 15.5. The van der Waals surface area contributed by atoms with Crippen molar-refractivity contribution >= 4 is 34.2 Å². The van der Waals surface area contributed by atoms with E-state index >= 15 is 0 Å². The van der Waals surface area contributed by atoms with Crippen molar-refractivity contribution in [2.75, 3.05) is 19.0 Å². The number of esters is 2. The van der Waals surface area contributed by atoms with Gasteiger partial charge in [0.2, 0.25) is 0 Å². The zero-order valence-corrected chi connectivity index (χ0v) is 16.4. The molecule has 1 aromatic carbocycles. The third-order valence-corrected chi connectivity index (χ3v) is 5.74. The van der Waals surface area contributed by atoms with Gasteiger partial charge in [-0.05, 0) is 55.0 Å². The Morgan fingerprint density at radius 2 is 1.93 bits per heavy atom. The fourth-order valence-corrected chi connectivity index (χ4v) is 4.53. The molecule has 0 bridgehead atoms. The second kappa shape index (κ2) is 8.52. The molecule has 148 valence electrons. The van der Waals surface area contributed by atoms with Gasteiger partial charge in [0.15, 0.2) is 6.61 Å². The Morgan fingerprint density at radius 1 is 1.21 bits per heavy atom. The molecule has 1 aromatic heterocycles. The van der Waals surface area contributed by atoms with Gasteiger partial charge in [-0.3, -0.25) is 4.79 Å². The minimum atomic E-state index is -0.734. The Morgan fingerprint density at radius 3 is 2.61 bits per heavy atom. The van der Waals surface area contributed by atoms with Crippen molar-refractivity contribution in [1.29, 1.82) is 0 Å². The van der Waals surface area contributed by atoms with Crippen molar-refractivity contribution in [2.45, 2.75) is 26.2 Å². The van der Waals surface area contributed by atoms with E-state index in [2.05, 4.69) is 12.2 Å². The van der Waals surface area contributed by atoms with Crippen molar-refractivity contribution in [2.24, 2.45) is 5.92 Å². The smallest absolute Gasteiger partial charge is 0.341 e. The number of thiophene rings is 1. The van der Waals surface area contributed by atoms with Crippen molar-refractivity contribution in [3.63, 3.8) is 0 Å². The summed E-state index contributed by atoms with van der Waals surface area (Å²) < 4.78 is 22.7. The molecule has 0 aliphatic heterocycles. The number of hydrogen-bond acceptors (Lipinski definition) is 6. The molecule has 0 fully saturated rings. The van der Waals surface area contributed by atoms with E-state index in [4.69, 9.17) is 9.47 Å². The van der Waals surface area contributed by atoms with Gasteiger partial charge in [-0.15, -0.1) is 11.3 Å². The van der Waals surface area contributed by atoms with E-state index in [-0.39, 0.29) is 5.56 Å². The highest BCUT2D eigenvalue weighted by molar-refractivity contribution is 7.17. The van der Waals surface area contributed by atoms with Crippen LogP contribution in [0.1, 0.15) is 44.5 Å². The van der Waals surface area contributed by atoms with Crippen LogP contribution in [-0.4, -0.2) is 31.6 Å². The van der Waals surface area contributed by atoms with Crippen LogP contribution in [0.15, 0.2) is 24.3 Å². The van der Waals surface area contributed by atoms with Gasteiger partial charge in [-0.2, -0.15) is 0 Å². The first-order valence-corrected chi connectivity index (χ1v) is 9.66. The predicted molar refractivity (Wildman–Crippen MR) is 102 cm³/mol. The van der Waals surface area contributed by atoms with Gasteiger partial charge in [0.05, 0.1) is 18.2 Å². The molecule has 0 spiro atoms. The van der Waals surface area contributed by atoms with E-state index in [1.165, 1.54) is 30.6 Å². The molecule has 0 saturated carbocycles. The van der Waals surface area contributed by atoms with E-state index in [9.17, 15) is 18.8 Å². The van der Waals surface area contributed by atoms with E-state index in [1.807, 2.05) is 0 Å². The Labute approximate surface area is 165 Å². The molecule has 6 nitrogen and oxygen atoms in total. The second-order valence-corrected chi connectivity index (χ2v) is 7.78. The summed E-state index contributed by atoms with van der Waals surface area (Å²) in [5, 5.41) is 3.07. The fraction of sp³-hybridized carbons (Fsp3) is 0.350. The Hall–Kier alpha value is -2.74. The summed E-state index contributed by atoms with van der Waals surface area (Å²) in [7, 11) is 1.30. The van der Waals surface area contributed by atoms with Gasteiger partial charge in [0, 0.05) is 4.88 Å². The first-order valence-electron chi connectivity index (χ1n) is 8.84. The number of halogens is 1. The number of ether oxygens (including phenoxy) is 2. The molecule has 1 amide bonds. The summed E-state index contributed by atoms with van der Waals surface area (Å²) in [6, 6.07) is 4.83. The summed E-state index contributed by atoms with van der Waals surface area (Å²) in [4.78, 5) is 37.5.